The maximum Gasteiger partial charge on any atom is 0.267 e. The molecule has 2 heterocycles. The van der Waals surface area contributed by atoms with Gasteiger partial charge in [-0.1, -0.05) is 34.1 Å². The van der Waals surface area contributed by atoms with Crippen LogP contribution in [0.4, 0.5) is 0 Å². The standard InChI is InChI=1S/C18H16BrN3O2/c1-11(2)22-17(24)10-8-15(21-22)13-7-9-16(23)20-18(13)12-5-3-4-6-14(12)19/h3-11H,1-2H3,(H,20,23). The maximum atomic E-state index is 11.9. The first-order valence-electron chi connectivity index (χ1n) is 7.56. The molecule has 0 radical (unpaired) electrons. The highest BCUT2D eigenvalue weighted by Crippen LogP contribution is 2.32. The zero-order chi connectivity index (χ0) is 17.3. The largest absolute Gasteiger partial charge is 0.321 e. The molecule has 0 fully saturated rings. The van der Waals surface area contributed by atoms with E-state index in [1.165, 1.54) is 16.8 Å². The van der Waals surface area contributed by atoms with Crippen molar-refractivity contribution in [3.05, 3.63) is 73.7 Å². The van der Waals surface area contributed by atoms with E-state index >= 15 is 0 Å². The van der Waals surface area contributed by atoms with Crippen molar-refractivity contribution in [3.8, 4) is 22.5 Å². The lowest BCUT2D eigenvalue weighted by Gasteiger charge is -2.13. The van der Waals surface area contributed by atoms with Crippen molar-refractivity contribution in [1.82, 2.24) is 14.8 Å². The summed E-state index contributed by atoms with van der Waals surface area (Å²) < 4.78 is 2.30. The number of nitrogens with one attached hydrogen (secondary N) is 1. The first kappa shape index (κ1) is 16.4. The van der Waals surface area contributed by atoms with Gasteiger partial charge in [0.2, 0.25) is 5.56 Å². The minimum absolute atomic E-state index is 0.0490. The van der Waals surface area contributed by atoms with Gasteiger partial charge in [-0.05, 0) is 32.0 Å². The molecule has 0 unspecified atom stereocenters. The van der Waals surface area contributed by atoms with Crippen molar-refractivity contribution in [2.45, 2.75) is 19.9 Å². The number of pyridine rings is 1. The van der Waals surface area contributed by atoms with Crippen LogP contribution in [0.5, 0.6) is 0 Å². The SMILES string of the molecule is CC(C)n1nc(-c2ccc(=O)[nH]c2-c2ccccc2Br)ccc1=O. The number of hydrogen-bond acceptors (Lipinski definition) is 3. The zero-order valence-corrected chi connectivity index (χ0v) is 14.9. The molecule has 0 saturated heterocycles. The fourth-order valence-corrected chi connectivity index (χ4v) is 2.99. The summed E-state index contributed by atoms with van der Waals surface area (Å²) in [5.74, 6) is 0. The van der Waals surface area contributed by atoms with E-state index in [2.05, 4.69) is 26.0 Å². The van der Waals surface area contributed by atoms with Crippen LogP contribution in [0.3, 0.4) is 0 Å². The summed E-state index contributed by atoms with van der Waals surface area (Å²) in [6.45, 7) is 3.81. The summed E-state index contributed by atoms with van der Waals surface area (Å²) in [6.07, 6.45) is 0. The molecule has 0 saturated carbocycles. The Kier molecular flexibility index (Phi) is 4.49. The van der Waals surface area contributed by atoms with Crippen LogP contribution in [0.25, 0.3) is 22.5 Å². The van der Waals surface area contributed by atoms with Gasteiger partial charge < -0.3 is 4.98 Å². The molecule has 6 heteroatoms. The second-order valence-corrected chi connectivity index (χ2v) is 6.54. The first-order valence-corrected chi connectivity index (χ1v) is 8.35. The highest BCUT2D eigenvalue weighted by Gasteiger charge is 2.14. The van der Waals surface area contributed by atoms with Crippen LogP contribution in [0.1, 0.15) is 19.9 Å². The number of benzene rings is 1. The Bertz CT molecular complexity index is 1010. The third-order valence-corrected chi connectivity index (χ3v) is 4.34. The van der Waals surface area contributed by atoms with Crippen molar-refractivity contribution in [3.63, 3.8) is 0 Å². The van der Waals surface area contributed by atoms with Crippen LogP contribution in [0.15, 0.2) is 62.6 Å². The van der Waals surface area contributed by atoms with E-state index in [-0.39, 0.29) is 17.2 Å². The number of H-pyrrole nitrogens is 1. The van der Waals surface area contributed by atoms with Gasteiger partial charge in [0.05, 0.1) is 17.4 Å². The average Bonchev–Trinajstić information content (AvgIpc) is 2.55. The van der Waals surface area contributed by atoms with Gasteiger partial charge in [-0.2, -0.15) is 5.10 Å². The number of rotatable bonds is 3. The van der Waals surface area contributed by atoms with Crippen molar-refractivity contribution < 1.29 is 0 Å². The molecule has 0 aliphatic carbocycles. The number of halogens is 1. The summed E-state index contributed by atoms with van der Waals surface area (Å²) in [4.78, 5) is 26.7. The van der Waals surface area contributed by atoms with Crippen molar-refractivity contribution in [2.75, 3.05) is 0 Å². The predicted octanol–water partition coefficient (Wildman–Crippen LogP) is 3.61. The lowest BCUT2D eigenvalue weighted by Crippen LogP contribution is -2.24. The Morgan fingerprint density at radius 2 is 1.75 bits per heavy atom. The van der Waals surface area contributed by atoms with E-state index in [0.717, 1.165) is 15.6 Å². The van der Waals surface area contributed by atoms with Crippen molar-refractivity contribution in [1.29, 1.82) is 0 Å². The minimum Gasteiger partial charge on any atom is -0.321 e. The molecule has 0 amide bonds. The molecule has 0 aliphatic rings. The normalized spacial score (nSPS) is 11.0. The smallest absolute Gasteiger partial charge is 0.267 e. The molecule has 1 N–H and O–H groups in total. The van der Waals surface area contributed by atoms with Crippen LogP contribution >= 0.6 is 15.9 Å². The molecule has 24 heavy (non-hydrogen) atoms. The highest BCUT2D eigenvalue weighted by molar-refractivity contribution is 9.10. The molecule has 5 nitrogen and oxygen atoms in total. The molecule has 3 aromatic rings. The predicted molar refractivity (Wildman–Crippen MR) is 98.1 cm³/mol. The number of nitrogens with zero attached hydrogens (tertiary/aromatic N) is 2. The van der Waals surface area contributed by atoms with Crippen LogP contribution in [0.2, 0.25) is 0 Å². The van der Waals surface area contributed by atoms with Crippen LogP contribution in [-0.4, -0.2) is 14.8 Å². The average molecular weight is 386 g/mol. The third kappa shape index (κ3) is 3.10. The van der Waals surface area contributed by atoms with Gasteiger partial charge in [-0.3, -0.25) is 9.59 Å². The number of aromatic nitrogens is 3. The Morgan fingerprint density at radius 1 is 1.00 bits per heavy atom. The zero-order valence-electron chi connectivity index (χ0n) is 13.3. The monoisotopic (exact) mass is 385 g/mol. The molecule has 0 bridgehead atoms. The van der Waals surface area contributed by atoms with Crippen LogP contribution in [0, 0.1) is 0 Å². The maximum absolute atomic E-state index is 11.9. The van der Waals surface area contributed by atoms with E-state index in [0.29, 0.717) is 11.4 Å². The Balaban J connectivity index is 2.27. The van der Waals surface area contributed by atoms with Gasteiger partial charge in [0.15, 0.2) is 0 Å². The third-order valence-electron chi connectivity index (χ3n) is 3.65. The van der Waals surface area contributed by atoms with Gasteiger partial charge >= 0.3 is 0 Å². The minimum atomic E-state index is -0.193. The molecule has 122 valence electrons. The molecule has 2 aromatic heterocycles. The van der Waals surface area contributed by atoms with E-state index < -0.39 is 0 Å². The fourth-order valence-electron chi connectivity index (χ4n) is 2.50. The van der Waals surface area contributed by atoms with Gasteiger partial charge in [-0.25, -0.2) is 4.68 Å². The van der Waals surface area contributed by atoms with Gasteiger partial charge in [0.1, 0.15) is 0 Å². The Hall–Kier alpha value is -2.47. The molecular weight excluding hydrogens is 370 g/mol. The summed E-state index contributed by atoms with van der Waals surface area (Å²) >= 11 is 3.52. The number of aromatic amines is 1. The van der Waals surface area contributed by atoms with E-state index in [4.69, 9.17) is 0 Å². The van der Waals surface area contributed by atoms with Gasteiger partial charge in [-0.15, -0.1) is 0 Å². The second-order valence-electron chi connectivity index (χ2n) is 5.69. The fraction of sp³-hybridized carbons (Fsp3) is 0.167. The van der Waals surface area contributed by atoms with Crippen molar-refractivity contribution in [2.24, 2.45) is 0 Å². The molecule has 0 spiro atoms. The quantitative estimate of drug-likeness (QED) is 0.748. The van der Waals surface area contributed by atoms with Crippen molar-refractivity contribution >= 4 is 15.9 Å². The molecule has 0 aliphatic heterocycles. The lowest BCUT2D eigenvalue weighted by atomic mass is 10.0. The van der Waals surface area contributed by atoms with Gasteiger partial charge in [0, 0.05) is 27.7 Å². The van der Waals surface area contributed by atoms with E-state index in [1.807, 2.05) is 38.1 Å². The Morgan fingerprint density at radius 3 is 2.46 bits per heavy atom. The first-order chi connectivity index (χ1) is 11.5. The summed E-state index contributed by atoms with van der Waals surface area (Å²) in [5.41, 5.74) is 2.56. The summed E-state index contributed by atoms with van der Waals surface area (Å²) in [7, 11) is 0. The molecule has 3 rings (SSSR count). The topological polar surface area (TPSA) is 67.8 Å². The second kappa shape index (κ2) is 6.57. The van der Waals surface area contributed by atoms with E-state index in [1.54, 1.807) is 12.1 Å². The number of hydrogen-bond donors (Lipinski definition) is 1. The summed E-state index contributed by atoms with van der Waals surface area (Å²) in [6, 6.07) is 13.9. The molecule has 1 aromatic carbocycles. The van der Waals surface area contributed by atoms with E-state index in [9.17, 15) is 9.59 Å². The molecule has 0 atom stereocenters. The molecular formula is C18H16BrN3O2. The summed E-state index contributed by atoms with van der Waals surface area (Å²) in [5, 5.41) is 4.45. The highest BCUT2D eigenvalue weighted by atomic mass is 79.9. The lowest BCUT2D eigenvalue weighted by molar-refractivity contribution is 0.505. The van der Waals surface area contributed by atoms with Crippen LogP contribution in [-0.2, 0) is 0 Å². The van der Waals surface area contributed by atoms with Crippen LogP contribution < -0.4 is 11.1 Å². The Labute approximate surface area is 147 Å². The van der Waals surface area contributed by atoms with Gasteiger partial charge in [0.25, 0.3) is 5.56 Å².